The molecule has 0 aromatic heterocycles. The highest BCUT2D eigenvalue weighted by molar-refractivity contribution is 5.77. The number of benzene rings is 1. The van der Waals surface area contributed by atoms with Crippen molar-refractivity contribution in [1.29, 1.82) is 0 Å². The van der Waals surface area contributed by atoms with Crippen molar-refractivity contribution in [3.63, 3.8) is 0 Å². The third-order valence-electron chi connectivity index (χ3n) is 2.13. The molecule has 6 nitrogen and oxygen atoms in total. The summed E-state index contributed by atoms with van der Waals surface area (Å²) in [5.41, 5.74) is 0.337. The average molecular weight is 248 g/mol. The van der Waals surface area contributed by atoms with Crippen molar-refractivity contribution in [3.8, 4) is 18.1 Å². The van der Waals surface area contributed by atoms with Crippen molar-refractivity contribution >= 4 is 11.6 Å². The van der Waals surface area contributed by atoms with Gasteiger partial charge in [-0.1, -0.05) is 18.1 Å². The molecule has 1 aromatic carbocycles. The minimum absolute atomic E-state index is 0.0656. The number of nitrogens with zero attached hydrogens (tertiary/aromatic N) is 1. The van der Waals surface area contributed by atoms with E-state index in [1.165, 1.54) is 6.07 Å². The van der Waals surface area contributed by atoms with E-state index in [2.05, 4.69) is 11.2 Å². The lowest BCUT2D eigenvalue weighted by Crippen LogP contribution is -2.29. The Balaban J connectivity index is 2.74. The first-order valence-electron chi connectivity index (χ1n) is 5.13. The number of nitro groups is 1. The van der Waals surface area contributed by atoms with Gasteiger partial charge in [0.15, 0.2) is 12.4 Å². The van der Waals surface area contributed by atoms with Crippen LogP contribution in [-0.2, 0) is 4.79 Å². The van der Waals surface area contributed by atoms with Crippen molar-refractivity contribution in [3.05, 3.63) is 33.9 Å². The normalized spacial score (nSPS) is 9.33. The third-order valence-corrected chi connectivity index (χ3v) is 2.13. The number of para-hydroxylation sites is 1. The molecule has 18 heavy (non-hydrogen) atoms. The van der Waals surface area contributed by atoms with E-state index in [0.29, 0.717) is 5.56 Å². The fourth-order valence-corrected chi connectivity index (χ4v) is 1.33. The predicted molar refractivity (Wildman–Crippen MR) is 65.2 cm³/mol. The highest BCUT2D eigenvalue weighted by Gasteiger charge is 2.18. The number of amides is 1. The second-order valence-electron chi connectivity index (χ2n) is 3.45. The van der Waals surface area contributed by atoms with Crippen LogP contribution >= 0.6 is 0 Å². The second-order valence-corrected chi connectivity index (χ2v) is 3.45. The monoisotopic (exact) mass is 248 g/mol. The summed E-state index contributed by atoms with van der Waals surface area (Å²) in [5, 5.41) is 13.3. The molecule has 0 aliphatic rings. The first-order valence-corrected chi connectivity index (χ1v) is 5.13. The number of terminal acetylenes is 1. The lowest BCUT2D eigenvalue weighted by atomic mass is 10.2. The van der Waals surface area contributed by atoms with Crippen LogP contribution in [0.4, 0.5) is 5.69 Å². The fourth-order valence-electron chi connectivity index (χ4n) is 1.33. The summed E-state index contributed by atoms with van der Waals surface area (Å²) in [5.74, 6) is 1.88. The molecule has 0 radical (unpaired) electrons. The Morgan fingerprint density at radius 2 is 2.33 bits per heavy atom. The SMILES string of the molecule is C#CCNC(=O)COc1cccc(C)c1[N+](=O)[O-]. The zero-order valence-corrected chi connectivity index (χ0v) is 9.80. The quantitative estimate of drug-likeness (QED) is 0.479. The van der Waals surface area contributed by atoms with Gasteiger partial charge >= 0.3 is 5.69 Å². The van der Waals surface area contributed by atoms with Crippen LogP contribution in [0.3, 0.4) is 0 Å². The molecule has 1 aromatic rings. The van der Waals surface area contributed by atoms with Crippen molar-refractivity contribution in [2.45, 2.75) is 6.92 Å². The molecule has 0 spiro atoms. The number of nitro benzene ring substituents is 1. The van der Waals surface area contributed by atoms with Crippen LogP contribution < -0.4 is 10.1 Å². The maximum atomic E-state index is 11.2. The number of hydrogen-bond donors (Lipinski definition) is 1. The van der Waals surface area contributed by atoms with Gasteiger partial charge in [-0.15, -0.1) is 6.42 Å². The van der Waals surface area contributed by atoms with Gasteiger partial charge in [0.25, 0.3) is 5.91 Å². The standard InChI is InChI=1S/C12H12N2O4/c1-3-7-13-11(15)8-18-10-6-4-5-9(2)12(10)14(16)17/h1,4-6H,7-8H2,2H3,(H,13,15). The summed E-state index contributed by atoms with van der Waals surface area (Å²) in [7, 11) is 0. The largest absolute Gasteiger partial charge is 0.477 e. The predicted octanol–water partition coefficient (Wildman–Crippen LogP) is 1.03. The van der Waals surface area contributed by atoms with Gasteiger partial charge in [0, 0.05) is 5.56 Å². The molecular formula is C12H12N2O4. The van der Waals surface area contributed by atoms with E-state index in [1.807, 2.05) is 0 Å². The summed E-state index contributed by atoms with van der Waals surface area (Å²) < 4.78 is 5.12. The number of ether oxygens (including phenoxy) is 1. The summed E-state index contributed by atoms with van der Waals surface area (Å²) >= 11 is 0. The maximum absolute atomic E-state index is 11.2. The topological polar surface area (TPSA) is 81.5 Å². The number of carbonyl (C=O) groups is 1. The molecule has 1 amide bonds. The van der Waals surface area contributed by atoms with Gasteiger partial charge in [-0.3, -0.25) is 14.9 Å². The number of aryl methyl sites for hydroxylation is 1. The molecule has 0 fully saturated rings. The van der Waals surface area contributed by atoms with Crippen LogP contribution in [0.25, 0.3) is 0 Å². The van der Waals surface area contributed by atoms with Crippen LogP contribution in [0.2, 0.25) is 0 Å². The highest BCUT2D eigenvalue weighted by Crippen LogP contribution is 2.29. The molecular weight excluding hydrogens is 236 g/mol. The average Bonchev–Trinajstić information content (AvgIpc) is 2.33. The van der Waals surface area contributed by atoms with Gasteiger partial charge in [-0.2, -0.15) is 0 Å². The van der Waals surface area contributed by atoms with E-state index < -0.39 is 10.8 Å². The molecule has 1 rings (SSSR count). The summed E-state index contributed by atoms with van der Waals surface area (Å²) in [6.07, 6.45) is 4.97. The van der Waals surface area contributed by atoms with Gasteiger partial charge in [0.1, 0.15) is 0 Å². The third kappa shape index (κ3) is 3.49. The molecule has 0 heterocycles. The Kier molecular flexibility index (Phi) is 4.69. The van der Waals surface area contributed by atoms with E-state index in [-0.39, 0.29) is 24.6 Å². The van der Waals surface area contributed by atoms with Gasteiger partial charge in [-0.05, 0) is 13.0 Å². The van der Waals surface area contributed by atoms with Crippen LogP contribution in [0.15, 0.2) is 18.2 Å². The molecule has 0 aliphatic heterocycles. The smallest absolute Gasteiger partial charge is 0.313 e. The van der Waals surface area contributed by atoms with Crippen molar-refractivity contribution in [1.82, 2.24) is 5.32 Å². The van der Waals surface area contributed by atoms with E-state index in [9.17, 15) is 14.9 Å². The zero-order chi connectivity index (χ0) is 13.5. The molecule has 1 N–H and O–H groups in total. The minimum atomic E-state index is -0.538. The number of nitrogens with one attached hydrogen (secondary N) is 1. The molecule has 0 saturated heterocycles. The van der Waals surface area contributed by atoms with Gasteiger partial charge in [0.05, 0.1) is 11.5 Å². The molecule has 6 heteroatoms. The molecule has 0 atom stereocenters. The van der Waals surface area contributed by atoms with Gasteiger partial charge < -0.3 is 10.1 Å². The van der Waals surface area contributed by atoms with Gasteiger partial charge in [-0.25, -0.2) is 0 Å². The highest BCUT2D eigenvalue weighted by atomic mass is 16.6. The molecule has 0 unspecified atom stereocenters. The zero-order valence-electron chi connectivity index (χ0n) is 9.80. The summed E-state index contributed by atoms with van der Waals surface area (Å²) in [6.45, 7) is 1.38. The first-order chi connectivity index (χ1) is 8.56. The Labute approximate surface area is 104 Å². The van der Waals surface area contributed by atoms with E-state index >= 15 is 0 Å². The maximum Gasteiger partial charge on any atom is 0.313 e. The van der Waals surface area contributed by atoms with Crippen LogP contribution in [0.1, 0.15) is 5.56 Å². The molecule has 0 saturated carbocycles. The van der Waals surface area contributed by atoms with Crippen molar-refractivity contribution in [2.24, 2.45) is 0 Å². The number of rotatable bonds is 5. The fraction of sp³-hybridized carbons (Fsp3) is 0.250. The summed E-state index contributed by atoms with van der Waals surface area (Å²) in [6, 6.07) is 4.67. The van der Waals surface area contributed by atoms with Crippen molar-refractivity contribution < 1.29 is 14.5 Å². The van der Waals surface area contributed by atoms with Crippen LogP contribution in [-0.4, -0.2) is 24.0 Å². The van der Waals surface area contributed by atoms with Crippen LogP contribution in [0.5, 0.6) is 5.75 Å². The van der Waals surface area contributed by atoms with E-state index in [0.717, 1.165) is 0 Å². The van der Waals surface area contributed by atoms with Crippen molar-refractivity contribution in [2.75, 3.05) is 13.2 Å². The van der Waals surface area contributed by atoms with Crippen LogP contribution in [0, 0.1) is 29.4 Å². The molecule has 0 bridgehead atoms. The first kappa shape index (κ1) is 13.5. The molecule has 0 aliphatic carbocycles. The Bertz CT molecular complexity index is 505. The number of hydrogen-bond acceptors (Lipinski definition) is 4. The second kappa shape index (κ2) is 6.25. The van der Waals surface area contributed by atoms with E-state index in [1.54, 1.807) is 19.1 Å². The summed E-state index contributed by atoms with van der Waals surface area (Å²) in [4.78, 5) is 21.6. The Hall–Kier alpha value is -2.55. The lowest BCUT2D eigenvalue weighted by molar-refractivity contribution is -0.386. The Morgan fingerprint density at radius 3 is 2.94 bits per heavy atom. The van der Waals surface area contributed by atoms with Gasteiger partial charge in [0.2, 0.25) is 0 Å². The molecule has 94 valence electrons. The number of carbonyl (C=O) groups excluding carboxylic acids is 1. The minimum Gasteiger partial charge on any atom is -0.477 e. The van der Waals surface area contributed by atoms with E-state index in [4.69, 9.17) is 11.2 Å². The Morgan fingerprint density at radius 1 is 1.61 bits per heavy atom. The lowest BCUT2D eigenvalue weighted by Gasteiger charge is -2.07.